The molecular formula is C19H31NO. The number of rotatable bonds is 7. The number of unbranched alkanes of at least 4 members (excludes halogenated alkanes) is 1. The molecule has 0 N–H and O–H groups in total. The van der Waals surface area contributed by atoms with Gasteiger partial charge >= 0.3 is 0 Å². The molecule has 118 valence electrons. The van der Waals surface area contributed by atoms with Crippen LogP contribution in [-0.4, -0.2) is 31.1 Å². The van der Waals surface area contributed by atoms with E-state index in [4.69, 9.17) is 4.74 Å². The van der Waals surface area contributed by atoms with Gasteiger partial charge in [0.1, 0.15) is 5.75 Å². The van der Waals surface area contributed by atoms with Crippen molar-refractivity contribution in [2.24, 2.45) is 0 Å². The Morgan fingerprint density at radius 3 is 2.24 bits per heavy atom. The SMILES string of the molecule is CC(C)c1ccc(OCCCCN2CCCCCC2)cc1. The van der Waals surface area contributed by atoms with Gasteiger partial charge in [-0.05, 0) is 68.9 Å². The van der Waals surface area contributed by atoms with Crippen molar-refractivity contribution in [2.45, 2.75) is 58.3 Å². The van der Waals surface area contributed by atoms with Crippen molar-refractivity contribution < 1.29 is 4.74 Å². The first-order chi connectivity index (χ1) is 10.3. The summed E-state index contributed by atoms with van der Waals surface area (Å²) in [6.45, 7) is 9.14. The molecule has 1 aliphatic heterocycles. The molecular weight excluding hydrogens is 258 g/mol. The molecule has 0 amide bonds. The third-order valence-electron chi connectivity index (χ3n) is 4.38. The van der Waals surface area contributed by atoms with Crippen LogP contribution >= 0.6 is 0 Å². The second-order valence-corrected chi connectivity index (χ2v) is 6.54. The first-order valence-corrected chi connectivity index (χ1v) is 8.71. The average Bonchev–Trinajstić information content (AvgIpc) is 2.76. The van der Waals surface area contributed by atoms with E-state index in [-0.39, 0.29) is 0 Å². The van der Waals surface area contributed by atoms with Crippen LogP contribution in [0, 0.1) is 0 Å². The van der Waals surface area contributed by atoms with Gasteiger partial charge in [0.15, 0.2) is 0 Å². The lowest BCUT2D eigenvalue weighted by molar-refractivity contribution is 0.256. The molecule has 1 saturated heterocycles. The summed E-state index contributed by atoms with van der Waals surface area (Å²) < 4.78 is 5.84. The van der Waals surface area contributed by atoms with E-state index < -0.39 is 0 Å². The van der Waals surface area contributed by atoms with Gasteiger partial charge < -0.3 is 9.64 Å². The van der Waals surface area contributed by atoms with Gasteiger partial charge in [0, 0.05) is 0 Å². The Labute approximate surface area is 130 Å². The molecule has 0 aromatic heterocycles. The highest BCUT2D eigenvalue weighted by Crippen LogP contribution is 2.18. The number of nitrogens with zero attached hydrogens (tertiary/aromatic N) is 1. The maximum absolute atomic E-state index is 5.84. The van der Waals surface area contributed by atoms with Gasteiger partial charge in [-0.25, -0.2) is 0 Å². The molecule has 1 aliphatic rings. The maximum Gasteiger partial charge on any atom is 0.119 e. The topological polar surface area (TPSA) is 12.5 Å². The van der Waals surface area contributed by atoms with E-state index in [0.29, 0.717) is 5.92 Å². The van der Waals surface area contributed by atoms with Crippen molar-refractivity contribution in [2.75, 3.05) is 26.2 Å². The molecule has 21 heavy (non-hydrogen) atoms. The molecule has 2 heteroatoms. The minimum atomic E-state index is 0.590. The molecule has 2 rings (SSSR count). The molecule has 1 aromatic carbocycles. The summed E-state index contributed by atoms with van der Waals surface area (Å²) in [6, 6.07) is 8.56. The number of likely N-dealkylation sites (tertiary alicyclic amines) is 1. The summed E-state index contributed by atoms with van der Waals surface area (Å²) in [4.78, 5) is 2.63. The molecule has 0 bridgehead atoms. The highest BCUT2D eigenvalue weighted by molar-refractivity contribution is 5.28. The third kappa shape index (κ3) is 6.09. The van der Waals surface area contributed by atoms with Crippen LogP contribution < -0.4 is 4.74 Å². The largest absolute Gasteiger partial charge is 0.494 e. The molecule has 0 atom stereocenters. The summed E-state index contributed by atoms with van der Waals surface area (Å²) in [6.07, 6.45) is 8.03. The van der Waals surface area contributed by atoms with E-state index in [2.05, 4.69) is 43.0 Å². The smallest absolute Gasteiger partial charge is 0.119 e. The Hall–Kier alpha value is -1.02. The van der Waals surface area contributed by atoms with E-state index in [1.165, 1.54) is 57.3 Å². The molecule has 1 heterocycles. The highest BCUT2D eigenvalue weighted by Gasteiger charge is 2.08. The lowest BCUT2D eigenvalue weighted by Gasteiger charge is -2.19. The van der Waals surface area contributed by atoms with Gasteiger partial charge in [-0.3, -0.25) is 0 Å². The van der Waals surface area contributed by atoms with Gasteiger partial charge in [-0.2, -0.15) is 0 Å². The van der Waals surface area contributed by atoms with Crippen LogP contribution in [0.5, 0.6) is 5.75 Å². The van der Waals surface area contributed by atoms with Crippen LogP contribution in [0.25, 0.3) is 0 Å². The van der Waals surface area contributed by atoms with E-state index in [1.54, 1.807) is 0 Å². The molecule has 0 aliphatic carbocycles. The van der Waals surface area contributed by atoms with Gasteiger partial charge in [0.25, 0.3) is 0 Å². The van der Waals surface area contributed by atoms with E-state index in [9.17, 15) is 0 Å². The lowest BCUT2D eigenvalue weighted by atomic mass is 10.0. The van der Waals surface area contributed by atoms with Gasteiger partial charge in [0.05, 0.1) is 6.61 Å². The van der Waals surface area contributed by atoms with Crippen molar-refractivity contribution >= 4 is 0 Å². The van der Waals surface area contributed by atoms with Crippen LogP contribution in [0.3, 0.4) is 0 Å². The quantitative estimate of drug-likeness (QED) is 0.666. The van der Waals surface area contributed by atoms with E-state index in [1.807, 2.05) is 0 Å². The monoisotopic (exact) mass is 289 g/mol. The number of benzene rings is 1. The lowest BCUT2D eigenvalue weighted by Crippen LogP contribution is -2.25. The molecule has 1 fully saturated rings. The van der Waals surface area contributed by atoms with Crippen molar-refractivity contribution in [1.29, 1.82) is 0 Å². The van der Waals surface area contributed by atoms with Crippen LogP contribution in [-0.2, 0) is 0 Å². The van der Waals surface area contributed by atoms with Crippen LogP contribution in [0.2, 0.25) is 0 Å². The normalized spacial score (nSPS) is 16.9. The van der Waals surface area contributed by atoms with Crippen LogP contribution in [0.1, 0.15) is 63.9 Å². The second-order valence-electron chi connectivity index (χ2n) is 6.54. The molecule has 0 radical (unpaired) electrons. The first-order valence-electron chi connectivity index (χ1n) is 8.71. The predicted octanol–water partition coefficient (Wildman–Crippen LogP) is 4.85. The van der Waals surface area contributed by atoms with Gasteiger partial charge in [-0.1, -0.05) is 38.8 Å². The minimum absolute atomic E-state index is 0.590. The van der Waals surface area contributed by atoms with Crippen LogP contribution in [0.4, 0.5) is 0 Å². The first kappa shape index (κ1) is 16.4. The van der Waals surface area contributed by atoms with E-state index in [0.717, 1.165) is 18.8 Å². The number of ether oxygens (including phenoxy) is 1. The zero-order chi connectivity index (χ0) is 14.9. The minimum Gasteiger partial charge on any atom is -0.494 e. The zero-order valence-corrected chi connectivity index (χ0v) is 13.8. The molecule has 0 spiro atoms. The Kier molecular flexibility index (Phi) is 7.08. The summed E-state index contributed by atoms with van der Waals surface area (Å²) in [5.41, 5.74) is 1.38. The molecule has 0 saturated carbocycles. The number of hydrogen-bond acceptors (Lipinski definition) is 2. The standard InChI is InChI=1S/C19H31NO/c1-17(2)18-9-11-19(12-10-18)21-16-8-7-15-20-13-5-3-4-6-14-20/h9-12,17H,3-8,13-16H2,1-2H3. The molecule has 2 nitrogen and oxygen atoms in total. The van der Waals surface area contributed by atoms with Crippen LogP contribution in [0.15, 0.2) is 24.3 Å². The fourth-order valence-corrected chi connectivity index (χ4v) is 2.94. The van der Waals surface area contributed by atoms with Gasteiger partial charge in [-0.15, -0.1) is 0 Å². The Bertz CT molecular complexity index is 377. The summed E-state index contributed by atoms with van der Waals surface area (Å²) in [5.74, 6) is 1.60. The van der Waals surface area contributed by atoms with Crippen molar-refractivity contribution in [1.82, 2.24) is 4.90 Å². The molecule has 0 unspecified atom stereocenters. The Morgan fingerprint density at radius 2 is 1.62 bits per heavy atom. The van der Waals surface area contributed by atoms with Crippen molar-refractivity contribution in [3.8, 4) is 5.75 Å². The Balaban J connectivity index is 1.58. The maximum atomic E-state index is 5.84. The third-order valence-corrected chi connectivity index (χ3v) is 4.38. The average molecular weight is 289 g/mol. The summed E-state index contributed by atoms with van der Waals surface area (Å²) in [7, 11) is 0. The second kappa shape index (κ2) is 9.09. The summed E-state index contributed by atoms with van der Waals surface area (Å²) >= 11 is 0. The van der Waals surface area contributed by atoms with Crippen molar-refractivity contribution in [3.05, 3.63) is 29.8 Å². The van der Waals surface area contributed by atoms with E-state index >= 15 is 0 Å². The zero-order valence-electron chi connectivity index (χ0n) is 13.8. The summed E-state index contributed by atoms with van der Waals surface area (Å²) in [5, 5.41) is 0. The molecule has 1 aromatic rings. The predicted molar refractivity (Wildman–Crippen MR) is 90.2 cm³/mol. The highest BCUT2D eigenvalue weighted by atomic mass is 16.5. The fraction of sp³-hybridized carbons (Fsp3) is 0.684. The van der Waals surface area contributed by atoms with Crippen molar-refractivity contribution in [3.63, 3.8) is 0 Å². The van der Waals surface area contributed by atoms with Gasteiger partial charge in [0.2, 0.25) is 0 Å². The number of hydrogen-bond donors (Lipinski definition) is 0. The fourth-order valence-electron chi connectivity index (χ4n) is 2.94. The Morgan fingerprint density at radius 1 is 0.952 bits per heavy atom.